The molecule has 1 amide bonds. The van der Waals surface area contributed by atoms with Crippen molar-refractivity contribution >= 4 is 43.5 Å². The standard InChI is InChI=1S/C11H12BrClN2O3S/c12-9-5-8(1-2-10(9)13)19(17,18)15-4-3-7(6-15)11(14)16/h1-2,5,7H,3-4,6H2,(H2,14,16). The molecule has 0 aromatic heterocycles. The maximum Gasteiger partial charge on any atom is 0.243 e. The molecule has 2 rings (SSSR count). The Morgan fingerprint density at radius 3 is 2.68 bits per heavy atom. The molecule has 0 spiro atoms. The predicted octanol–water partition coefficient (Wildman–Crippen LogP) is 1.60. The van der Waals surface area contributed by atoms with E-state index in [0.717, 1.165) is 0 Å². The number of halogens is 2. The van der Waals surface area contributed by atoms with Gasteiger partial charge in [-0.2, -0.15) is 4.31 Å². The van der Waals surface area contributed by atoms with E-state index in [1.807, 2.05) is 0 Å². The average molecular weight is 368 g/mol. The number of sulfonamides is 1. The minimum Gasteiger partial charge on any atom is -0.369 e. The van der Waals surface area contributed by atoms with Gasteiger partial charge in [0.2, 0.25) is 15.9 Å². The first kappa shape index (κ1) is 14.8. The molecular weight excluding hydrogens is 356 g/mol. The maximum absolute atomic E-state index is 12.4. The lowest BCUT2D eigenvalue weighted by molar-refractivity contribution is -0.121. The summed E-state index contributed by atoms with van der Waals surface area (Å²) in [5, 5.41) is 0.440. The Labute approximate surface area is 124 Å². The summed E-state index contributed by atoms with van der Waals surface area (Å²) in [6.45, 7) is 0.439. The molecule has 1 aromatic carbocycles. The van der Waals surface area contributed by atoms with Gasteiger partial charge in [0.25, 0.3) is 0 Å². The van der Waals surface area contributed by atoms with Gasteiger partial charge in [0, 0.05) is 17.6 Å². The Morgan fingerprint density at radius 2 is 2.16 bits per heavy atom. The first-order chi connectivity index (χ1) is 8.82. The quantitative estimate of drug-likeness (QED) is 0.881. The SMILES string of the molecule is NC(=O)C1CCN(S(=O)(=O)c2ccc(Cl)c(Br)c2)C1. The van der Waals surface area contributed by atoms with E-state index < -0.39 is 21.8 Å². The van der Waals surface area contributed by atoms with E-state index in [9.17, 15) is 13.2 Å². The monoisotopic (exact) mass is 366 g/mol. The van der Waals surface area contributed by atoms with Gasteiger partial charge in [0.15, 0.2) is 0 Å². The lowest BCUT2D eigenvalue weighted by atomic mass is 10.1. The number of carbonyl (C=O) groups is 1. The van der Waals surface area contributed by atoms with E-state index >= 15 is 0 Å². The second-order valence-corrected chi connectivity index (χ2v) is 7.53. The van der Waals surface area contributed by atoms with Crippen LogP contribution >= 0.6 is 27.5 Å². The fraction of sp³-hybridized carbons (Fsp3) is 0.364. The number of hydrogen-bond acceptors (Lipinski definition) is 3. The van der Waals surface area contributed by atoms with Crippen molar-refractivity contribution in [2.24, 2.45) is 11.7 Å². The van der Waals surface area contributed by atoms with Crippen molar-refractivity contribution in [1.29, 1.82) is 0 Å². The molecule has 104 valence electrons. The minimum absolute atomic E-state index is 0.137. The summed E-state index contributed by atoms with van der Waals surface area (Å²) in [7, 11) is -3.61. The van der Waals surface area contributed by atoms with Crippen LogP contribution in [0.2, 0.25) is 5.02 Å². The van der Waals surface area contributed by atoms with E-state index in [-0.39, 0.29) is 11.4 Å². The van der Waals surface area contributed by atoms with Crippen molar-refractivity contribution in [3.05, 3.63) is 27.7 Å². The number of rotatable bonds is 3. The molecule has 1 aliphatic heterocycles. The van der Waals surface area contributed by atoms with Gasteiger partial charge in [0.05, 0.1) is 15.8 Å². The van der Waals surface area contributed by atoms with Gasteiger partial charge in [-0.25, -0.2) is 8.42 Å². The Hall–Kier alpha value is -0.630. The lowest BCUT2D eigenvalue weighted by Gasteiger charge is -2.16. The molecule has 5 nitrogen and oxygen atoms in total. The molecule has 1 aromatic rings. The average Bonchev–Trinajstić information content (AvgIpc) is 2.82. The van der Waals surface area contributed by atoms with E-state index in [1.54, 1.807) is 0 Å². The molecule has 2 N–H and O–H groups in total. The second-order valence-electron chi connectivity index (χ2n) is 4.33. The van der Waals surface area contributed by atoms with Gasteiger partial charge in [-0.1, -0.05) is 11.6 Å². The number of primary amides is 1. The van der Waals surface area contributed by atoms with Crippen molar-refractivity contribution < 1.29 is 13.2 Å². The molecule has 0 bridgehead atoms. The zero-order valence-corrected chi connectivity index (χ0v) is 13.0. The van der Waals surface area contributed by atoms with Crippen molar-refractivity contribution in [2.45, 2.75) is 11.3 Å². The summed E-state index contributed by atoms with van der Waals surface area (Å²) < 4.78 is 26.5. The molecule has 1 aliphatic rings. The van der Waals surface area contributed by atoms with Crippen molar-refractivity contribution in [3.8, 4) is 0 Å². The summed E-state index contributed by atoms with van der Waals surface area (Å²) in [4.78, 5) is 11.2. The normalized spacial score (nSPS) is 20.6. The fourth-order valence-electron chi connectivity index (χ4n) is 1.97. The number of carbonyl (C=O) groups excluding carboxylic acids is 1. The highest BCUT2D eigenvalue weighted by Crippen LogP contribution is 2.29. The third kappa shape index (κ3) is 2.94. The molecule has 0 radical (unpaired) electrons. The molecule has 1 unspecified atom stereocenters. The van der Waals surface area contributed by atoms with Crippen LogP contribution in [0, 0.1) is 5.92 Å². The Morgan fingerprint density at radius 1 is 1.47 bits per heavy atom. The van der Waals surface area contributed by atoms with Gasteiger partial charge >= 0.3 is 0 Å². The predicted molar refractivity (Wildman–Crippen MR) is 75.2 cm³/mol. The molecule has 19 heavy (non-hydrogen) atoms. The largest absolute Gasteiger partial charge is 0.369 e. The maximum atomic E-state index is 12.4. The molecule has 1 heterocycles. The van der Waals surface area contributed by atoms with Crippen LogP contribution in [-0.4, -0.2) is 31.7 Å². The summed E-state index contributed by atoms with van der Waals surface area (Å²) in [5.74, 6) is -0.875. The van der Waals surface area contributed by atoms with Crippen LogP contribution in [0.15, 0.2) is 27.6 Å². The third-order valence-corrected chi connectivity index (χ3v) is 6.16. The fourth-order valence-corrected chi connectivity index (χ4v) is 4.14. The van der Waals surface area contributed by atoms with Gasteiger partial charge in [-0.3, -0.25) is 4.79 Å². The Kier molecular flexibility index (Phi) is 4.20. The molecule has 1 saturated heterocycles. The summed E-state index contributed by atoms with van der Waals surface area (Å²) in [5.41, 5.74) is 5.20. The van der Waals surface area contributed by atoms with Gasteiger partial charge in [0.1, 0.15) is 0 Å². The summed E-state index contributed by atoms with van der Waals surface area (Å²) in [6.07, 6.45) is 0.462. The van der Waals surface area contributed by atoms with E-state index in [1.165, 1.54) is 22.5 Å². The number of nitrogens with two attached hydrogens (primary N) is 1. The van der Waals surface area contributed by atoms with Crippen molar-refractivity contribution in [2.75, 3.05) is 13.1 Å². The number of hydrogen-bond donors (Lipinski definition) is 1. The second kappa shape index (κ2) is 5.40. The minimum atomic E-state index is -3.61. The van der Waals surface area contributed by atoms with E-state index in [2.05, 4.69) is 15.9 Å². The highest BCUT2D eigenvalue weighted by Gasteiger charge is 2.35. The van der Waals surface area contributed by atoms with Crippen molar-refractivity contribution in [3.63, 3.8) is 0 Å². The number of nitrogens with zero attached hydrogens (tertiary/aromatic N) is 1. The highest BCUT2D eigenvalue weighted by molar-refractivity contribution is 9.10. The van der Waals surface area contributed by atoms with Crippen molar-refractivity contribution in [1.82, 2.24) is 4.31 Å². The molecule has 1 atom stereocenters. The van der Waals surface area contributed by atoms with E-state index in [0.29, 0.717) is 22.5 Å². The van der Waals surface area contributed by atoms with Crippen LogP contribution < -0.4 is 5.73 Å². The van der Waals surface area contributed by atoms with Crippen LogP contribution in [0.5, 0.6) is 0 Å². The molecule has 0 saturated carbocycles. The Bertz CT molecular complexity index is 620. The van der Waals surface area contributed by atoms with Crippen LogP contribution in [-0.2, 0) is 14.8 Å². The number of amides is 1. The van der Waals surface area contributed by atoms with Gasteiger partial charge < -0.3 is 5.73 Å². The smallest absolute Gasteiger partial charge is 0.243 e. The van der Waals surface area contributed by atoms with Crippen LogP contribution in [0.4, 0.5) is 0 Å². The molecule has 8 heteroatoms. The molecule has 0 aliphatic carbocycles. The topological polar surface area (TPSA) is 80.5 Å². The van der Waals surface area contributed by atoms with Crippen LogP contribution in [0.3, 0.4) is 0 Å². The first-order valence-electron chi connectivity index (χ1n) is 5.57. The summed E-state index contributed by atoms with van der Waals surface area (Å²) >= 11 is 9.03. The van der Waals surface area contributed by atoms with Gasteiger partial charge in [-0.05, 0) is 40.5 Å². The van der Waals surface area contributed by atoms with E-state index in [4.69, 9.17) is 17.3 Å². The Balaban J connectivity index is 2.28. The molecule has 1 fully saturated rings. The summed E-state index contributed by atoms with van der Waals surface area (Å²) in [6, 6.07) is 4.41. The number of benzene rings is 1. The third-order valence-electron chi connectivity index (χ3n) is 3.08. The zero-order chi connectivity index (χ0) is 14.2. The highest BCUT2D eigenvalue weighted by atomic mass is 79.9. The van der Waals surface area contributed by atoms with Gasteiger partial charge in [-0.15, -0.1) is 0 Å². The lowest BCUT2D eigenvalue weighted by Crippen LogP contribution is -2.31. The van der Waals surface area contributed by atoms with Crippen LogP contribution in [0.25, 0.3) is 0 Å². The van der Waals surface area contributed by atoms with Crippen LogP contribution in [0.1, 0.15) is 6.42 Å². The first-order valence-corrected chi connectivity index (χ1v) is 8.18. The molecular formula is C11H12BrClN2O3S. The zero-order valence-electron chi connectivity index (χ0n) is 9.84.